The third-order valence-electron chi connectivity index (χ3n) is 3.51. The van der Waals surface area contributed by atoms with Crippen LogP contribution in [0.5, 0.6) is 0 Å². The number of nitrogens with one attached hydrogen (secondary N) is 2. The molecule has 0 radical (unpaired) electrons. The van der Waals surface area contributed by atoms with Crippen molar-refractivity contribution in [3.05, 3.63) is 42.7 Å². The van der Waals surface area contributed by atoms with Gasteiger partial charge in [0.15, 0.2) is 0 Å². The molecule has 25 heavy (non-hydrogen) atoms. The maximum atomic E-state index is 12.2. The first-order valence-corrected chi connectivity index (χ1v) is 9.23. The van der Waals surface area contributed by atoms with E-state index >= 15 is 0 Å². The number of carbonyl (C=O) groups excluding carboxylic acids is 1. The Morgan fingerprint density at radius 2 is 1.96 bits per heavy atom. The summed E-state index contributed by atoms with van der Waals surface area (Å²) in [4.78, 5) is 12.3. The predicted octanol–water partition coefficient (Wildman–Crippen LogP) is 1.40. The zero-order valence-electron chi connectivity index (χ0n) is 14.3. The number of carbonyl (C=O) groups is 1. The van der Waals surface area contributed by atoms with Gasteiger partial charge in [-0.05, 0) is 44.2 Å². The molecule has 2 atom stereocenters. The maximum Gasteiger partial charge on any atom is 0.248 e. The lowest BCUT2D eigenvalue weighted by Crippen LogP contribution is -2.35. The Labute approximate surface area is 147 Å². The van der Waals surface area contributed by atoms with Gasteiger partial charge in [0, 0.05) is 31.2 Å². The molecule has 0 saturated carbocycles. The maximum absolute atomic E-state index is 12.2. The highest BCUT2D eigenvalue weighted by atomic mass is 32.2. The molecule has 0 bridgehead atoms. The summed E-state index contributed by atoms with van der Waals surface area (Å²) in [5.41, 5.74) is 0.507. The van der Waals surface area contributed by atoms with Crippen molar-refractivity contribution in [2.75, 3.05) is 19.0 Å². The summed E-state index contributed by atoms with van der Waals surface area (Å²) >= 11 is 0. The van der Waals surface area contributed by atoms with Crippen LogP contribution in [0.3, 0.4) is 0 Å². The number of aromatic nitrogens is 2. The molecule has 0 fully saturated rings. The van der Waals surface area contributed by atoms with Gasteiger partial charge in [0.05, 0.1) is 11.5 Å². The van der Waals surface area contributed by atoms with Crippen LogP contribution in [-0.4, -0.2) is 43.9 Å². The minimum atomic E-state index is -3.64. The molecule has 1 aromatic carbocycles. The van der Waals surface area contributed by atoms with Gasteiger partial charge in [0.1, 0.15) is 6.04 Å². The van der Waals surface area contributed by atoms with Crippen LogP contribution in [0, 0.1) is 0 Å². The van der Waals surface area contributed by atoms with Crippen LogP contribution in [0.2, 0.25) is 0 Å². The van der Waals surface area contributed by atoms with Gasteiger partial charge >= 0.3 is 0 Å². The first-order chi connectivity index (χ1) is 11.8. The van der Waals surface area contributed by atoms with Gasteiger partial charge in [0.25, 0.3) is 0 Å². The fraction of sp³-hybridized carbons (Fsp3) is 0.375. The van der Waals surface area contributed by atoms with Crippen LogP contribution in [0.15, 0.2) is 47.6 Å². The number of rotatable bonds is 8. The van der Waals surface area contributed by atoms with E-state index in [1.165, 1.54) is 23.9 Å². The normalized spacial score (nSPS) is 14.0. The Morgan fingerprint density at radius 3 is 2.52 bits per heavy atom. The lowest BCUT2D eigenvalue weighted by molar-refractivity contribution is -0.119. The molecule has 1 heterocycles. The first-order valence-electron chi connectivity index (χ1n) is 7.75. The van der Waals surface area contributed by atoms with Crippen molar-refractivity contribution in [2.24, 2.45) is 0 Å². The molecule has 0 aliphatic rings. The molecule has 2 aromatic rings. The fourth-order valence-corrected chi connectivity index (χ4v) is 3.44. The zero-order chi connectivity index (χ0) is 18.4. The van der Waals surface area contributed by atoms with E-state index in [1.807, 2.05) is 0 Å². The molecule has 2 N–H and O–H groups in total. The molecule has 0 aliphatic heterocycles. The van der Waals surface area contributed by atoms with E-state index in [4.69, 9.17) is 4.74 Å². The quantitative estimate of drug-likeness (QED) is 0.735. The first kappa shape index (κ1) is 19.1. The standard InChI is InChI=1S/C16H22N4O4S/c1-12(11-24-3)19-25(22,23)15-7-5-14(6-8-15)18-16(21)13(2)20-10-4-9-17-20/h4-10,12-13,19H,11H2,1-3H3,(H,18,21). The summed E-state index contributed by atoms with van der Waals surface area (Å²) in [7, 11) is -2.13. The molecular weight excluding hydrogens is 344 g/mol. The predicted molar refractivity (Wildman–Crippen MR) is 93.7 cm³/mol. The van der Waals surface area contributed by atoms with Crippen LogP contribution in [0.25, 0.3) is 0 Å². The van der Waals surface area contributed by atoms with Crippen molar-refractivity contribution in [1.29, 1.82) is 0 Å². The number of sulfonamides is 1. The topological polar surface area (TPSA) is 102 Å². The van der Waals surface area contributed by atoms with Crippen molar-refractivity contribution in [3.8, 4) is 0 Å². The number of anilines is 1. The smallest absolute Gasteiger partial charge is 0.248 e. The van der Waals surface area contributed by atoms with E-state index in [9.17, 15) is 13.2 Å². The van der Waals surface area contributed by atoms with Gasteiger partial charge in [-0.3, -0.25) is 9.48 Å². The summed E-state index contributed by atoms with van der Waals surface area (Å²) in [6, 6.07) is 6.89. The number of hydrogen-bond acceptors (Lipinski definition) is 5. The molecule has 0 saturated heterocycles. The van der Waals surface area contributed by atoms with Crippen LogP contribution in [0.4, 0.5) is 5.69 Å². The molecule has 0 aliphatic carbocycles. The van der Waals surface area contributed by atoms with E-state index in [-0.39, 0.29) is 23.5 Å². The number of methoxy groups -OCH3 is 1. The van der Waals surface area contributed by atoms with Gasteiger partial charge < -0.3 is 10.1 Å². The fourth-order valence-electron chi connectivity index (χ4n) is 2.21. The Morgan fingerprint density at radius 1 is 1.28 bits per heavy atom. The van der Waals surface area contributed by atoms with E-state index in [0.717, 1.165) is 0 Å². The highest BCUT2D eigenvalue weighted by Gasteiger charge is 2.18. The van der Waals surface area contributed by atoms with Crippen LogP contribution < -0.4 is 10.0 Å². The van der Waals surface area contributed by atoms with E-state index in [0.29, 0.717) is 5.69 Å². The van der Waals surface area contributed by atoms with Crippen molar-refractivity contribution in [1.82, 2.24) is 14.5 Å². The van der Waals surface area contributed by atoms with E-state index in [2.05, 4.69) is 15.1 Å². The number of ether oxygens (including phenoxy) is 1. The minimum Gasteiger partial charge on any atom is -0.383 e. The Balaban J connectivity index is 2.03. The van der Waals surface area contributed by atoms with Gasteiger partial charge in [-0.25, -0.2) is 13.1 Å². The minimum absolute atomic E-state index is 0.119. The van der Waals surface area contributed by atoms with Gasteiger partial charge in [-0.15, -0.1) is 0 Å². The van der Waals surface area contributed by atoms with Gasteiger partial charge in [-0.2, -0.15) is 5.10 Å². The lowest BCUT2D eigenvalue weighted by Gasteiger charge is -2.14. The van der Waals surface area contributed by atoms with Gasteiger partial charge in [-0.1, -0.05) is 0 Å². The molecule has 9 heteroatoms. The summed E-state index contributed by atoms with van der Waals surface area (Å²) in [6.07, 6.45) is 3.30. The molecule has 1 aromatic heterocycles. The largest absolute Gasteiger partial charge is 0.383 e. The summed E-state index contributed by atoms with van der Waals surface area (Å²) in [5.74, 6) is -0.244. The van der Waals surface area contributed by atoms with Crippen molar-refractivity contribution >= 4 is 21.6 Å². The SMILES string of the molecule is COCC(C)NS(=O)(=O)c1ccc(NC(=O)C(C)n2cccn2)cc1. The van der Waals surface area contributed by atoms with Crippen molar-refractivity contribution < 1.29 is 17.9 Å². The molecule has 0 spiro atoms. The van der Waals surface area contributed by atoms with Crippen molar-refractivity contribution in [2.45, 2.75) is 30.8 Å². The Kier molecular flexibility index (Phi) is 6.29. The Hall–Kier alpha value is -2.23. The number of benzene rings is 1. The van der Waals surface area contributed by atoms with Crippen LogP contribution in [0.1, 0.15) is 19.9 Å². The second kappa shape index (κ2) is 8.24. The van der Waals surface area contributed by atoms with Crippen LogP contribution >= 0.6 is 0 Å². The number of hydrogen-bond donors (Lipinski definition) is 2. The second-order valence-electron chi connectivity index (χ2n) is 5.65. The van der Waals surface area contributed by atoms with Crippen molar-refractivity contribution in [3.63, 3.8) is 0 Å². The third kappa shape index (κ3) is 5.12. The lowest BCUT2D eigenvalue weighted by atomic mass is 10.2. The van der Waals surface area contributed by atoms with E-state index < -0.39 is 16.1 Å². The third-order valence-corrected chi connectivity index (χ3v) is 5.11. The Bertz CT molecular complexity index is 788. The summed E-state index contributed by atoms with van der Waals surface area (Å²) in [5, 5.41) is 6.76. The molecule has 1 amide bonds. The van der Waals surface area contributed by atoms with Gasteiger partial charge in [0.2, 0.25) is 15.9 Å². The molecular formula is C16H22N4O4S. The number of nitrogens with zero attached hydrogens (tertiary/aromatic N) is 2. The average Bonchev–Trinajstić information content (AvgIpc) is 3.08. The number of amides is 1. The molecule has 2 unspecified atom stereocenters. The highest BCUT2D eigenvalue weighted by Crippen LogP contribution is 2.16. The average molecular weight is 366 g/mol. The summed E-state index contributed by atoms with van der Waals surface area (Å²) in [6.45, 7) is 3.72. The second-order valence-corrected chi connectivity index (χ2v) is 7.37. The highest BCUT2D eigenvalue weighted by molar-refractivity contribution is 7.89. The van der Waals surface area contributed by atoms with E-state index in [1.54, 1.807) is 44.4 Å². The zero-order valence-corrected chi connectivity index (χ0v) is 15.2. The monoisotopic (exact) mass is 366 g/mol. The van der Waals surface area contributed by atoms with Crippen LogP contribution in [-0.2, 0) is 19.6 Å². The molecule has 136 valence electrons. The summed E-state index contributed by atoms with van der Waals surface area (Å²) < 4.78 is 33.5. The molecule has 2 rings (SSSR count). The molecule has 8 nitrogen and oxygen atoms in total.